The fraction of sp³-hybridized carbons (Fsp3) is 0.562. The molecule has 1 amide bonds. The van der Waals surface area contributed by atoms with Gasteiger partial charge in [-0.2, -0.15) is 0 Å². The Balaban J connectivity index is 1.64. The number of hydrogen-bond acceptors (Lipinski definition) is 3. The second-order valence-corrected chi connectivity index (χ2v) is 7.63. The van der Waals surface area contributed by atoms with Gasteiger partial charge in [0.2, 0.25) is 0 Å². The van der Waals surface area contributed by atoms with Crippen molar-refractivity contribution in [2.24, 2.45) is 11.8 Å². The largest absolute Gasteiger partial charge is 0.444 e. The van der Waals surface area contributed by atoms with Crippen molar-refractivity contribution in [3.63, 3.8) is 0 Å². The Bertz CT molecular complexity index is 527. The maximum absolute atomic E-state index is 12.1. The number of hydrogen-bond donors (Lipinski definition) is 0. The van der Waals surface area contributed by atoms with Gasteiger partial charge in [-0.1, -0.05) is 12.1 Å². The Kier molecular flexibility index (Phi) is 3.36. The molecule has 2 atom stereocenters. The number of ether oxygens (including phenoxy) is 1. The molecule has 0 bridgehead atoms. The highest BCUT2D eigenvalue weighted by molar-refractivity contribution is 7.11. The number of fused-ring (bicyclic) bond motifs is 1. The second kappa shape index (κ2) is 4.92. The summed E-state index contributed by atoms with van der Waals surface area (Å²) in [5, 5.41) is 2.12. The minimum Gasteiger partial charge on any atom is -0.444 e. The summed E-state index contributed by atoms with van der Waals surface area (Å²) in [6.45, 7) is 7.36. The highest BCUT2D eigenvalue weighted by atomic mass is 32.1. The maximum atomic E-state index is 12.1. The average molecular weight is 291 g/mol. The van der Waals surface area contributed by atoms with E-state index in [0.29, 0.717) is 11.8 Å². The van der Waals surface area contributed by atoms with E-state index in [2.05, 4.69) is 23.6 Å². The van der Waals surface area contributed by atoms with Gasteiger partial charge in [0.1, 0.15) is 5.60 Å². The SMILES string of the molecule is CC(C)(C)OC(=O)N1C[C@@H]2CC(c3cccs3)=C[C@@H]2C1. The third-order valence-corrected chi connectivity index (χ3v) is 4.82. The van der Waals surface area contributed by atoms with Crippen LogP contribution >= 0.6 is 11.3 Å². The zero-order valence-corrected chi connectivity index (χ0v) is 13.1. The molecule has 0 unspecified atom stereocenters. The van der Waals surface area contributed by atoms with Crippen molar-refractivity contribution in [3.8, 4) is 0 Å². The molecule has 2 aliphatic rings. The van der Waals surface area contributed by atoms with Crippen molar-refractivity contribution < 1.29 is 9.53 Å². The summed E-state index contributed by atoms with van der Waals surface area (Å²) >= 11 is 1.80. The lowest BCUT2D eigenvalue weighted by Crippen LogP contribution is -2.35. The maximum Gasteiger partial charge on any atom is 0.410 e. The van der Waals surface area contributed by atoms with Crippen molar-refractivity contribution in [2.45, 2.75) is 32.8 Å². The van der Waals surface area contributed by atoms with Gasteiger partial charge in [-0.25, -0.2) is 4.79 Å². The zero-order valence-electron chi connectivity index (χ0n) is 12.3. The van der Waals surface area contributed by atoms with Crippen LogP contribution in [0.3, 0.4) is 0 Å². The van der Waals surface area contributed by atoms with Crippen LogP contribution in [0, 0.1) is 11.8 Å². The molecule has 0 N–H and O–H groups in total. The van der Waals surface area contributed by atoms with Crippen LogP contribution in [-0.4, -0.2) is 29.7 Å². The van der Waals surface area contributed by atoms with Crippen molar-refractivity contribution in [1.29, 1.82) is 0 Å². The Morgan fingerprint density at radius 1 is 1.40 bits per heavy atom. The number of amides is 1. The van der Waals surface area contributed by atoms with Crippen LogP contribution < -0.4 is 0 Å². The summed E-state index contributed by atoms with van der Waals surface area (Å²) in [5.74, 6) is 1.07. The Labute approximate surface area is 124 Å². The van der Waals surface area contributed by atoms with E-state index in [1.165, 1.54) is 10.5 Å². The van der Waals surface area contributed by atoms with Gasteiger partial charge in [-0.05, 0) is 56.0 Å². The van der Waals surface area contributed by atoms with E-state index in [0.717, 1.165) is 19.5 Å². The summed E-state index contributed by atoms with van der Waals surface area (Å²) in [5.41, 5.74) is 1.05. The van der Waals surface area contributed by atoms with E-state index < -0.39 is 5.60 Å². The summed E-state index contributed by atoms with van der Waals surface area (Å²) in [6, 6.07) is 4.28. The predicted molar refractivity (Wildman–Crippen MR) is 81.7 cm³/mol. The minimum absolute atomic E-state index is 0.169. The van der Waals surface area contributed by atoms with E-state index in [1.54, 1.807) is 11.3 Å². The lowest BCUT2D eigenvalue weighted by Gasteiger charge is -2.24. The van der Waals surface area contributed by atoms with Gasteiger partial charge in [0.05, 0.1) is 0 Å². The Morgan fingerprint density at radius 2 is 2.20 bits per heavy atom. The minimum atomic E-state index is -0.410. The molecule has 0 spiro atoms. The average Bonchev–Trinajstić information content (AvgIpc) is 3.01. The monoisotopic (exact) mass is 291 g/mol. The van der Waals surface area contributed by atoms with Crippen molar-refractivity contribution >= 4 is 23.0 Å². The van der Waals surface area contributed by atoms with Crippen LogP contribution in [0.25, 0.3) is 5.57 Å². The summed E-state index contributed by atoms with van der Waals surface area (Å²) in [6.07, 6.45) is 3.28. The van der Waals surface area contributed by atoms with Crippen molar-refractivity contribution in [3.05, 3.63) is 28.5 Å². The van der Waals surface area contributed by atoms with Crippen LogP contribution in [0.5, 0.6) is 0 Å². The third-order valence-electron chi connectivity index (χ3n) is 3.88. The molecule has 108 valence electrons. The first-order valence-corrected chi connectivity index (χ1v) is 8.03. The standard InChI is InChI=1S/C16H21NO2S/c1-16(2,3)19-15(18)17-9-12-7-11(8-13(12)10-17)14-5-4-6-20-14/h4-7,12-13H,8-10H2,1-3H3/t12-,13+/m1/s1. The van der Waals surface area contributed by atoms with Gasteiger partial charge in [0.15, 0.2) is 0 Å². The zero-order chi connectivity index (χ0) is 14.3. The van der Waals surface area contributed by atoms with Gasteiger partial charge in [0.25, 0.3) is 0 Å². The smallest absolute Gasteiger partial charge is 0.410 e. The molecule has 3 nitrogen and oxygen atoms in total. The molecule has 0 aromatic carbocycles. The normalized spacial score (nSPS) is 25.6. The molecule has 1 fully saturated rings. The fourth-order valence-corrected chi connectivity index (χ4v) is 3.79. The van der Waals surface area contributed by atoms with E-state index in [1.807, 2.05) is 25.7 Å². The van der Waals surface area contributed by atoms with Crippen molar-refractivity contribution in [1.82, 2.24) is 4.90 Å². The third kappa shape index (κ3) is 2.75. The molecule has 1 aromatic rings. The molecular weight excluding hydrogens is 270 g/mol. The first-order chi connectivity index (χ1) is 9.42. The topological polar surface area (TPSA) is 29.5 Å². The Morgan fingerprint density at radius 3 is 2.80 bits per heavy atom. The first-order valence-electron chi connectivity index (χ1n) is 7.15. The highest BCUT2D eigenvalue weighted by Crippen LogP contribution is 2.42. The summed E-state index contributed by atoms with van der Waals surface area (Å²) in [7, 11) is 0. The summed E-state index contributed by atoms with van der Waals surface area (Å²) < 4.78 is 5.45. The first kappa shape index (κ1) is 13.7. The summed E-state index contributed by atoms with van der Waals surface area (Å²) in [4.78, 5) is 15.3. The van der Waals surface area contributed by atoms with E-state index >= 15 is 0 Å². The van der Waals surface area contributed by atoms with Gasteiger partial charge in [0, 0.05) is 18.0 Å². The molecule has 0 radical (unpaired) electrons. The Hall–Kier alpha value is -1.29. The van der Waals surface area contributed by atoms with Crippen molar-refractivity contribution in [2.75, 3.05) is 13.1 Å². The molecule has 20 heavy (non-hydrogen) atoms. The number of likely N-dealkylation sites (tertiary alicyclic amines) is 1. The number of nitrogens with zero attached hydrogens (tertiary/aromatic N) is 1. The molecule has 3 rings (SSSR count). The lowest BCUT2D eigenvalue weighted by atomic mass is 10.00. The number of allylic oxidation sites excluding steroid dienone is 1. The molecular formula is C16H21NO2S. The fourth-order valence-electron chi connectivity index (χ4n) is 3.03. The quantitative estimate of drug-likeness (QED) is 0.782. The molecule has 0 saturated carbocycles. The van der Waals surface area contributed by atoms with Gasteiger partial charge < -0.3 is 9.64 Å². The second-order valence-electron chi connectivity index (χ2n) is 6.68. The van der Waals surface area contributed by atoms with Gasteiger partial charge in [-0.3, -0.25) is 0 Å². The number of carbonyl (C=O) groups excluding carboxylic acids is 1. The van der Waals surface area contributed by atoms with Crippen LogP contribution in [0.2, 0.25) is 0 Å². The van der Waals surface area contributed by atoms with Crippen LogP contribution in [0.1, 0.15) is 32.1 Å². The number of thiophene rings is 1. The van der Waals surface area contributed by atoms with Gasteiger partial charge in [-0.15, -0.1) is 11.3 Å². The molecule has 1 saturated heterocycles. The van der Waals surface area contributed by atoms with E-state index in [4.69, 9.17) is 4.74 Å². The number of rotatable bonds is 1. The lowest BCUT2D eigenvalue weighted by molar-refractivity contribution is 0.0285. The molecule has 1 aliphatic heterocycles. The van der Waals surface area contributed by atoms with Crippen LogP contribution in [0.15, 0.2) is 23.6 Å². The van der Waals surface area contributed by atoms with Crippen LogP contribution in [0.4, 0.5) is 4.79 Å². The van der Waals surface area contributed by atoms with Gasteiger partial charge >= 0.3 is 6.09 Å². The molecule has 4 heteroatoms. The van der Waals surface area contributed by atoms with E-state index in [-0.39, 0.29) is 6.09 Å². The molecule has 1 aliphatic carbocycles. The van der Waals surface area contributed by atoms with E-state index in [9.17, 15) is 4.79 Å². The number of carbonyl (C=O) groups is 1. The molecule has 1 aromatic heterocycles. The predicted octanol–water partition coefficient (Wildman–Crippen LogP) is 4.02. The molecule has 2 heterocycles. The highest BCUT2D eigenvalue weighted by Gasteiger charge is 2.39. The van der Waals surface area contributed by atoms with Crippen LogP contribution in [-0.2, 0) is 4.74 Å².